The van der Waals surface area contributed by atoms with E-state index in [1.807, 2.05) is 20.8 Å². The summed E-state index contributed by atoms with van der Waals surface area (Å²) in [5.74, 6) is -0.978. The zero-order valence-electron chi connectivity index (χ0n) is 21.4. The highest BCUT2D eigenvalue weighted by Gasteiger charge is 2.48. The average Bonchev–Trinajstić information content (AvgIpc) is 3.62. The summed E-state index contributed by atoms with van der Waals surface area (Å²) in [5.41, 5.74) is 1.25. The molecule has 3 rings (SSSR count). The van der Waals surface area contributed by atoms with Crippen LogP contribution in [0, 0.1) is 11.8 Å². The Balaban J connectivity index is 1.52. The first-order valence-electron chi connectivity index (χ1n) is 12.7. The van der Waals surface area contributed by atoms with Crippen molar-refractivity contribution in [3.8, 4) is 0 Å². The molecule has 4 N–H and O–H groups in total. The Morgan fingerprint density at radius 1 is 1.08 bits per heavy atom. The fraction of sp³-hybridized carbons (Fsp3) is 0.667. The zero-order chi connectivity index (χ0) is 26.4. The zero-order valence-corrected chi connectivity index (χ0v) is 21.4. The van der Waals surface area contributed by atoms with Crippen LogP contribution >= 0.6 is 0 Å². The summed E-state index contributed by atoms with van der Waals surface area (Å²) in [6, 6.07) is 6.87. The number of hydrogen-bond acceptors (Lipinski definition) is 9. The van der Waals surface area contributed by atoms with Gasteiger partial charge in [-0.05, 0) is 27.2 Å². The highest BCUT2D eigenvalue weighted by atomic mass is 16.7. The van der Waals surface area contributed by atoms with Crippen LogP contribution in [0.25, 0.3) is 5.76 Å². The van der Waals surface area contributed by atoms with E-state index in [4.69, 9.17) is 18.9 Å². The lowest BCUT2D eigenvalue weighted by atomic mass is 9.85. The number of ether oxygens (including phenoxy) is 4. The number of hydrogen-bond donors (Lipinski definition) is 4. The van der Waals surface area contributed by atoms with Crippen molar-refractivity contribution < 1.29 is 44.2 Å². The summed E-state index contributed by atoms with van der Waals surface area (Å²) in [6.07, 6.45) is -2.88. The molecule has 2 heterocycles. The molecule has 2 saturated heterocycles. The summed E-state index contributed by atoms with van der Waals surface area (Å²) in [5, 5.41) is 41.3. The van der Waals surface area contributed by atoms with Gasteiger partial charge >= 0.3 is 0 Å². The van der Waals surface area contributed by atoms with E-state index < -0.39 is 36.5 Å². The summed E-state index contributed by atoms with van der Waals surface area (Å²) in [7, 11) is 0. The van der Waals surface area contributed by atoms with E-state index in [9.17, 15) is 25.2 Å². The van der Waals surface area contributed by atoms with E-state index in [-0.39, 0.29) is 42.8 Å². The molecule has 1 aromatic rings. The highest BCUT2D eigenvalue weighted by Crippen LogP contribution is 2.38. The van der Waals surface area contributed by atoms with Crippen molar-refractivity contribution >= 4 is 11.5 Å². The van der Waals surface area contributed by atoms with Crippen molar-refractivity contribution in [2.45, 2.75) is 83.5 Å². The molecular formula is C27H40O9. The minimum atomic E-state index is -1.23. The predicted molar refractivity (Wildman–Crippen MR) is 132 cm³/mol. The monoisotopic (exact) mass is 508 g/mol. The van der Waals surface area contributed by atoms with Crippen molar-refractivity contribution in [1.29, 1.82) is 0 Å². The standard InChI is InChI=1S/C27H40O9/c1-5-33-27(34-6-2)18-9-7-17(8-10-18)21(30)12-20(29)13-22-25(32)24(31)19(14-35-22)11-23-26(36-23)15(3)16(4)28/h7-10,12,15-16,19,22-28,30-32H,5-6,11,13-14H2,1-4H3/b21-12-/t15-,16-,19-,22-,23-,24+,25-,26-/m0/s1. The van der Waals surface area contributed by atoms with Gasteiger partial charge in [-0.25, -0.2) is 0 Å². The molecule has 0 aromatic heterocycles. The van der Waals surface area contributed by atoms with Crippen LogP contribution in [0.2, 0.25) is 0 Å². The lowest BCUT2D eigenvalue weighted by Crippen LogP contribution is -2.51. The molecule has 2 aliphatic rings. The third-order valence-electron chi connectivity index (χ3n) is 6.99. The molecule has 1 aromatic carbocycles. The van der Waals surface area contributed by atoms with E-state index in [1.54, 1.807) is 31.2 Å². The quantitative estimate of drug-likeness (QED) is 0.137. The molecule has 2 fully saturated rings. The van der Waals surface area contributed by atoms with E-state index >= 15 is 0 Å². The lowest BCUT2D eigenvalue weighted by molar-refractivity contribution is -0.169. The van der Waals surface area contributed by atoms with Crippen molar-refractivity contribution in [1.82, 2.24) is 0 Å². The van der Waals surface area contributed by atoms with Crippen LogP contribution in [0.5, 0.6) is 0 Å². The minimum absolute atomic E-state index is 0.0154. The Kier molecular flexibility index (Phi) is 10.4. The topological polar surface area (TPSA) is 138 Å². The number of ketones is 1. The van der Waals surface area contributed by atoms with E-state index in [2.05, 4.69) is 0 Å². The first-order chi connectivity index (χ1) is 17.2. The minimum Gasteiger partial charge on any atom is -0.507 e. The fourth-order valence-electron chi connectivity index (χ4n) is 4.56. The molecule has 0 aliphatic carbocycles. The maximum atomic E-state index is 12.6. The van der Waals surface area contributed by atoms with Gasteiger partial charge in [0.15, 0.2) is 12.1 Å². The second-order valence-electron chi connectivity index (χ2n) is 9.65. The molecule has 9 nitrogen and oxygen atoms in total. The summed E-state index contributed by atoms with van der Waals surface area (Å²) in [6.45, 7) is 8.56. The molecule has 8 atom stereocenters. The normalized spacial score (nSPS) is 30.3. The van der Waals surface area contributed by atoms with Gasteiger partial charge in [0.1, 0.15) is 11.9 Å². The predicted octanol–water partition coefficient (Wildman–Crippen LogP) is 2.53. The molecule has 0 unspecified atom stereocenters. The Labute approximate surface area is 212 Å². The number of aliphatic hydroxyl groups is 4. The van der Waals surface area contributed by atoms with Crippen molar-refractivity contribution in [3.63, 3.8) is 0 Å². The van der Waals surface area contributed by atoms with Gasteiger partial charge in [-0.2, -0.15) is 0 Å². The fourth-order valence-corrected chi connectivity index (χ4v) is 4.56. The molecule has 0 spiro atoms. The molecule has 0 saturated carbocycles. The van der Waals surface area contributed by atoms with Crippen molar-refractivity contribution in [2.75, 3.05) is 19.8 Å². The smallest absolute Gasteiger partial charge is 0.183 e. The lowest BCUT2D eigenvalue weighted by Gasteiger charge is -2.37. The maximum Gasteiger partial charge on any atom is 0.183 e. The molecule has 0 amide bonds. The van der Waals surface area contributed by atoms with Crippen LogP contribution in [0.15, 0.2) is 30.3 Å². The van der Waals surface area contributed by atoms with Crippen LogP contribution in [0.1, 0.15) is 58.0 Å². The number of carbonyl (C=O) groups excluding carboxylic acids is 1. The second-order valence-corrected chi connectivity index (χ2v) is 9.65. The van der Waals surface area contributed by atoms with Crippen LogP contribution in [-0.2, 0) is 23.7 Å². The van der Waals surface area contributed by atoms with Crippen LogP contribution in [0.3, 0.4) is 0 Å². The number of epoxide rings is 1. The van der Waals surface area contributed by atoms with Gasteiger partial charge in [0.2, 0.25) is 0 Å². The Morgan fingerprint density at radius 3 is 2.31 bits per heavy atom. The molecule has 202 valence electrons. The first kappa shape index (κ1) is 28.7. The van der Waals surface area contributed by atoms with E-state index in [0.29, 0.717) is 25.2 Å². The number of rotatable bonds is 13. The van der Waals surface area contributed by atoms with Gasteiger partial charge < -0.3 is 39.4 Å². The van der Waals surface area contributed by atoms with Gasteiger partial charge in [-0.3, -0.25) is 4.79 Å². The largest absolute Gasteiger partial charge is 0.507 e. The third kappa shape index (κ3) is 7.35. The third-order valence-corrected chi connectivity index (χ3v) is 6.99. The molecule has 2 aliphatic heterocycles. The number of aliphatic hydroxyl groups excluding tert-OH is 4. The van der Waals surface area contributed by atoms with Gasteiger partial charge in [0.25, 0.3) is 0 Å². The number of benzene rings is 1. The second kappa shape index (κ2) is 13.1. The average molecular weight is 509 g/mol. The van der Waals surface area contributed by atoms with E-state index in [1.165, 1.54) is 0 Å². The summed E-state index contributed by atoms with van der Waals surface area (Å²) >= 11 is 0. The van der Waals surface area contributed by atoms with Gasteiger partial charge in [-0.1, -0.05) is 31.2 Å². The van der Waals surface area contributed by atoms with Gasteiger partial charge in [0, 0.05) is 48.7 Å². The molecule has 9 heteroatoms. The summed E-state index contributed by atoms with van der Waals surface area (Å²) in [4.78, 5) is 12.6. The molecule has 0 bridgehead atoms. The van der Waals surface area contributed by atoms with Crippen molar-refractivity contribution in [2.24, 2.45) is 11.8 Å². The number of allylic oxidation sites excluding steroid dienone is 1. The van der Waals surface area contributed by atoms with Crippen LogP contribution in [-0.4, -0.2) is 82.7 Å². The highest BCUT2D eigenvalue weighted by molar-refractivity contribution is 5.95. The van der Waals surface area contributed by atoms with Gasteiger partial charge in [0.05, 0.1) is 37.1 Å². The Bertz CT molecular complexity index is 863. The Morgan fingerprint density at radius 2 is 1.72 bits per heavy atom. The molecular weight excluding hydrogens is 468 g/mol. The first-order valence-corrected chi connectivity index (χ1v) is 12.7. The summed E-state index contributed by atoms with van der Waals surface area (Å²) < 4.78 is 22.5. The van der Waals surface area contributed by atoms with Crippen LogP contribution < -0.4 is 0 Å². The van der Waals surface area contributed by atoms with Gasteiger partial charge in [-0.15, -0.1) is 0 Å². The number of carbonyl (C=O) groups is 1. The van der Waals surface area contributed by atoms with Crippen molar-refractivity contribution in [3.05, 3.63) is 41.5 Å². The molecule has 0 radical (unpaired) electrons. The van der Waals surface area contributed by atoms with E-state index in [0.717, 1.165) is 11.6 Å². The molecule has 36 heavy (non-hydrogen) atoms. The van der Waals surface area contributed by atoms with Crippen LogP contribution in [0.4, 0.5) is 0 Å². The SMILES string of the molecule is CCOC(OCC)c1ccc(/C(O)=C/C(=O)C[C@@H]2OC[C@H](C[C@@H]3O[C@H]3[C@@H](C)[C@H](C)O)[C@@H](O)[C@H]2O)cc1. The maximum absolute atomic E-state index is 12.6. The Hall–Kier alpha value is -1.85.